The first-order valence-electron chi connectivity index (χ1n) is 4.43. The van der Waals surface area contributed by atoms with Crippen LogP contribution in [0.1, 0.15) is 5.56 Å². The maximum absolute atomic E-state index is 8.98. The molecule has 0 saturated heterocycles. The number of hydrogen-bond acceptors (Lipinski definition) is 2. The standard InChI is InChI=1S/C12H7BrN2/c13-11-6-3-7-15-12(11)10-5-2-1-4-9(10)8-14/h1-7H. The first-order valence-corrected chi connectivity index (χ1v) is 5.22. The van der Waals surface area contributed by atoms with Crippen molar-refractivity contribution in [3.8, 4) is 17.3 Å². The van der Waals surface area contributed by atoms with Crippen molar-refractivity contribution in [2.24, 2.45) is 0 Å². The zero-order chi connectivity index (χ0) is 10.7. The van der Waals surface area contributed by atoms with Crippen LogP contribution in [-0.2, 0) is 0 Å². The highest BCUT2D eigenvalue weighted by atomic mass is 79.9. The molecular formula is C12H7BrN2. The lowest BCUT2D eigenvalue weighted by Crippen LogP contribution is -1.88. The maximum atomic E-state index is 8.98. The topological polar surface area (TPSA) is 36.7 Å². The summed E-state index contributed by atoms with van der Waals surface area (Å²) in [4.78, 5) is 4.26. The van der Waals surface area contributed by atoms with Gasteiger partial charge in [0.1, 0.15) is 0 Å². The average Bonchev–Trinajstić information content (AvgIpc) is 2.30. The van der Waals surface area contributed by atoms with Crippen LogP contribution >= 0.6 is 15.9 Å². The summed E-state index contributed by atoms with van der Waals surface area (Å²) in [6.07, 6.45) is 1.72. The van der Waals surface area contributed by atoms with Crippen LogP contribution in [0.4, 0.5) is 0 Å². The number of hydrogen-bond donors (Lipinski definition) is 0. The van der Waals surface area contributed by atoms with Crippen LogP contribution in [0.2, 0.25) is 0 Å². The number of halogens is 1. The summed E-state index contributed by atoms with van der Waals surface area (Å²) in [5.74, 6) is 0. The summed E-state index contributed by atoms with van der Waals surface area (Å²) in [5, 5.41) is 8.98. The van der Waals surface area contributed by atoms with Gasteiger partial charge in [0.05, 0.1) is 17.3 Å². The lowest BCUT2D eigenvalue weighted by molar-refractivity contribution is 1.30. The van der Waals surface area contributed by atoms with E-state index in [1.54, 1.807) is 12.3 Å². The lowest BCUT2D eigenvalue weighted by Gasteiger charge is -2.04. The highest BCUT2D eigenvalue weighted by Crippen LogP contribution is 2.27. The van der Waals surface area contributed by atoms with Crippen LogP contribution in [0.5, 0.6) is 0 Å². The van der Waals surface area contributed by atoms with Crippen LogP contribution in [0.15, 0.2) is 47.1 Å². The largest absolute Gasteiger partial charge is 0.255 e. The Bertz CT molecular complexity index is 529. The molecule has 2 aromatic rings. The van der Waals surface area contributed by atoms with Crippen LogP contribution in [-0.4, -0.2) is 4.98 Å². The van der Waals surface area contributed by atoms with Crippen molar-refractivity contribution < 1.29 is 0 Å². The van der Waals surface area contributed by atoms with Gasteiger partial charge in [-0.25, -0.2) is 0 Å². The van der Waals surface area contributed by atoms with Gasteiger partial charge in [0, 0.05) is 16.2 Å². The average molecular weight is 259 g/mol. The highest BCUT2D eigenvalue weighted by Gasteiger charge is 2.07. The molecule has 3 heteroatoms. The number of pyridine rings is 1. The molecule has 0 aliphatic heterocycles. The van der Waals surface area contributed by atoms with Crippen LogP contribution < -0.4 is 0 Å². The van der Waals surface area contributed by atoms with E-state index < -0.39 is 0 Å². The van der Waals surface area contributed by atoms with E-state index in [-0.39, 0.29) is 0 Å². The van der Waals surface area contributed by atoms with Gasteiger partial charge in [0.15, 0.2) is 0 Å². The Labute approximate surface area is 96.3 Å². The van der Waals surface area contributed by atoms with Crippen molar-refractivity contribution in [2.75, 3.05) is 0 Å². The van der Waals surface area contributed by atoms with Crippen molar-refractivity contribution in [2.45, 2.75) is 0 Å². The molecule has 0 N–H and O–H groups in total. The second kappa shape index (κ2) is 4.24. The fourth-order valence-electron chi connectivity index (χ4n) is 1.37. The Hall–Kier alpha value is -1.66. The summed E-state index contributed by atoms with van der Waals surface area (Å²) in [5.41, 5.74) is 2.29. The fourth-order valence-corrected chi connectivity index (χ4v) is 1.84. The number of benzene rings is 1. The van der Waals surface area contributed by atoms with Crippen LogP contribution in [0, 0.1) is 11.3 Å². The van der Waals surface area contributed by atoms with E-state index in [0.29, 0.717) is 5.56 Å². The van der Waals surface area contributed by atoms with Gasteiger partial charge in [0.25, 0.3) is 0 Å². The lowest BCUT2D eigenvalue weighted by atomic mass is 10.1. The molecule has 15 heavy (non-hydrogen) atoms. The third-order valence-corrected chi connectivity index (χ3v) is 2.70. The molecule has 0 aliphatic carbocycles. The molecule has 0 fully saturated rings. The van der Waals surface area contributed by atoms with Crippen LogP contribution in [0.3, 0.4) is 0 Å². The third kappa shape index (κ3) is 1.90. The molecule has 0 bridgehead atoms. The predicted molar refractivity (Wildman–Crippen MR) is 62.1 cm³/mol. The van der Waals surface area contributed by atoms with E-state index in [2.05, 4.69) is 27.0 Å². The van der Waals surface area contributed by atoms with E-state index in [0.717, 1.165) is 15.7 Å². The van der Waals surface area contributed by atoms with Gasteiger partial charge >= 0.3 is 0 Å². The van der Waals surface area contributed by atoms with E-state index in [4.69, 9.17) is 5.26 Å². The van der Waals surface area contributed by atoms with Gasteiger partial charge in [-0.1, -0.05) is 18.2 Å². The molecule has 0 radical (unpaired) electrons. The molecule has 2 rings (SSSR count). The number of aromatic nitrogens is 1. The molecule has 0 unspecified atom stereocenters. The zero-order valence-corrected chi connectivity index (χ0v) is 9.40. The Kier molecular flexibility index (Phi) is 2.79. The predicted octanol–water partition coefficient (Wildman–Crippen LogP) is 3.38. The molecule has 0 spiro atoms. The number of nitriles is 1. The summed E-state index contributed by atoms with van der Waals surface area (Å²) in [6.45, 7) is 0. The molecule has 2 nitrogen and oxygen atoms in total. The number of rotatable bonds is 1. The highest BCUT2D eigenvalue weighted by molar-refractivity contribution is 9.10. The Balaban J connectivity index is 2.65. The molecule has 1 aromatic carbocycles. The molecule has 72 valence electrons. The van der Waals surface area contributed by atoms with E-state index in [9.17, 15) is 0 Å². The van der Waals surface area contributed by atoms with E-state index >= 15 is 0 Å². The first kappa shape index (κ1) is 9.88. The van der Waals surface area contributed by atoms with Gasteiger partial charge in [-0.2, -0.15) is 5.26 Å². The third-order valence-electron chi connectivity index (χ3n) is 2.06. The quantitative estimate of drug-likeness (QED) is 0.787. The second-order valence-corrected chi connectivity index (χ2v) is 3.85. The summed E-state index contributed by atoms with van der Waals surface area (Å²) in [7, 11) is 0. The number of nitrogens with zero attached hydrogens (tertiary/aromatic N) is 2. The smallest absolute Gasteiger partial charge is 0.0998 e. The zero-order valence-electron chi connectivity index (χ0n) is 7.81. The minimum absolute atomic E-state index is 0.636. The second-order valence-electron chi connectivity index (χ2n) is 2.99. The first-order chi connectivity index (χ1) is 7.33. The Morgan fingerprint density at radius 2 is 1.93 bits per heavy atom. The minimum Gasteiger partial charge on any atom is -0.255 e. The van der Waals surface area contributed by atoms with Gasteiger partial charge in [-0.15, -0.1) is 0 Å². The van der Waals surface area contributed by atoms with E-state index in [1.807, 2.05) is 30.3 Å². The van der Waals surface area contributed by atoms with Gasteiger partial charge in [-0.3, -0.25) is 4.98 Å². The monoisotopic (exact) mass is 258 g/mol. The van der Waals surface area contributed by atoms with Crippen molar-refractivity contribution in [3.05, 3.63) is 52.6 Å². The maximum Gasteiger partial charge on any atom is 0.0998 e. The molecule has 1 aromatic heterocycles. The van der Waals surface area contributed by atoms with Crippen LogP contribution in [0.25, 0.3) is 11.3 Å². The van der Waals surface area contributed by atoms with Crippen molar-refractivity contribution in [1.29, 1.82) is 5.26 Å². The Morgan fingerprint density at radius 1 is 1.13 bits per heavy atom. The molecule has 0 saturated carbocycles. The van der Waals surface area contributed by atoms with Crippen molar-refractivity contribution >= 4 is 15.9 Å². The molecule has 0 amide bonds. The summed E-state index contributed by atoms with van der Waals surface area (Å²) in [6, 6.07) is 13.4. The molecule has 1 heterocycles. The normalized spacial score (nSPS) is 9.60. The SMILES string of the molecule is N#Cc1ccccc1-c1ncccc1Br. The van der Waals surface area contributed by atoms with Crippen molar-refractivity contribution in [1.82, 2.24) is 4.98 Å². The molecule has 0 aliphatic rings. The minimum atomic E-state index is 0.636. The summed E-state index contributed by atoms with van der Waals surface area (Å²) < 4.78 is 0.896. The summed E-state index contributed by atoms with van der Waals surface area (Å²) >= 11 is 3.42. The van der Waals surface area contributed by atoms with E-state index in [1.165, 1.54) is 0 Å². The van der Waals surface area contributed by atoms with Crippen molar-refractivity contribution in [3.63, 3.8) is 0 Å². The fraction of sp³-hybridized carbons (Fsp3) is 0. The molecular weight excluding hydrogens is 252 g/mol. The van der Waals surface area contributed by atoms with Gasteiger partial charge < -0.3 is 0 Å². The van der Waals surface area contributed by atoms with Gasteiger partial charge in [0.2, 0.25) is 0 Å². The van der Waals surface area contributed by atoms with Gasteiger partial charge in [-0.05, 0) is 34.1 Å². The Morgan fingerprint density at radius 3 is 2.67 bits per heavy atom. The molecule has 0 atom stereocenters.